The molecule has 1 aliphatic carbocycles. The molecule has 1 saturated carbocycles. The second-order valence-corrected chi connectivity index (χ2v) is 5.27. The van der Waals surface area contributed by atoms with E-state index in [4.69, 9.17) is 0 Å². The lowest BCUT2D eigenvalue weighted by molar-refractivity contribution is 0.308. The molecule has 3 atom stereocenters. The molecule has 1 nitrogen and oxygen atoms in total. The average Bonchev–Trinajstić information content (AvgIpc) is 2.69. The summed E-state index contributed by atoms with van der Waals surface area (Å²) in [6.07, 6.45) is 2.71. The van der Waals surface area contributed by atoms with Crippen LogP contribution in [0, 0.1) is 17.3 Å². The van der Waals surface area contributed by atoms with E-state index in [1.165, 1.54) is 12.8 Å². The van der Waals surface area contributed by atoms with Gasteiger partial charge in [0.2, 0.25) is 0 Å². The van der Waals surface area contributed by atoms with E-state index in [1.807, 2.05) is 0 Å². The van der Waals surface area contributed by atoms with E-state index in [-0.39, 0.29) is 0 Å². The van der Waals surface area contributed by atoms with Gasteiger partial charge in [-0.15, -0.1) is 0 Å². The van der Waals surface area contributed by atoms with Gasteiger partial charge < -0.3 is 5.32 Å². The van der Waals surface area contributed by atoms with Gasteiger partial charge in [0.05, 0.1) is 0 Å². The lowest BCUT2D eigenvalue weighted by Crippen LogP contribution is -2.37. The number of rotatable bonds is 5. The van der Waals surface area contributed by atoms with E-state index < -0.39 is 0 Å². The zero-order valence-electron chi connectivity index (χ0n) is 9.85. The lowest BCUT2D eigenvalue weighted by atomic mass is 9.91. The summed E-state index contributed by atoms with van der Waals surface area (Å²) in [5.74, 6) is 1.74. The van der Waals surface area contributed by atoms with Crippen molar-refractivity contribution in [2.24, 2.45) is 17.3 Å². The smallest absolute Gasteiger partial charge is 0.0126 e. The standard InChI is InChI=1S/C12H25N/c1-6-9(3)11(13-7-2)10-8-12(10,4)5/h9-11,13H,6-8H2,1-5H3. The van der Waals surface area contributed by atoms with Gasteiger partial charge in [-0.25, -0.2) is 0 Å². The highest BCUT2D eigenvalue weighted by Crippen LogP contribution is 2.54. The van der Waals surface area contributed by atoms with Crippen molar-refractivity contribution in [1.29, 1.82) is 0 Å². The van der Waals surface area contributed by atoms with E-state index in [2.05, 4.69) is 39.9 Å². The molecule has 0 radical (unpaired) electrons. The first kappa shape index (κ1) is 11.0. The fourth-order valence-corrected chi connectivity index (χ4v) is 2.35. The van der Waals surface area contributed by atoms with Crippen molar-refractivity contribution < 1.29 is 0 Å². The molecule has 1 heteroatoms. The number of hydrogen-bond acceptors (Lipinski definition) is 1. The molecule has 1 fully saturated rings. The molecule has 3 unspecified atom stereocenters. The molecule has 0 aromatic carbocycles. The van der Waals surface area contributed by atoms with Crippen LogP contribution in [0.1, 0.15) is 47.5 Å². The minimum atomic E-state index is 0.607. The van der Waals surface area contributed by atoms with Crippen molar-refractivity contribution in [3.8, 4) is 0 Å². The highest BCUT2D eigenvalue weighted by Gasteiger charge is 2.50. The maximum absolute atomic E-state index is 3.65. The molecule has 1 aliphatic rings. The van der Waals surface area contributed by atoms with Crippen molar-refractivity contribution >= 4 is 0 Å². The Morgan fingerprint density at radius 2 is 1.92 bits per heavy atom. The monoisotopic (exact) mass is 183 g/mol. The van der Waals surface area contributed by atoms with Gasteiger partial charge in [-0.05, 0) is 30.2 Å². The highest BCUT2D eigenvalue weighted by atomic mass is 14.9. The third-order valence-corrected chi connectivity index (χ3v) is 3.72. The van der Waals surface area contributed by atoms with Crippen LogP contribution >= 0.6 is 0 Å². The Bertz CT molecular complexity index is 163. The van der Waals surface area contributed by atoms with Gasteiger partial charge in [0.1, 0.15) is 0 Å². The summed E-state index contributed by atoms with van der Waals surface area (Å²) < 4.78 is 0. The molecular weight excluding hydrogens is 158 g/mol. The van der Waals surface area contributed by atoms with Gasteiger partial charge >= 0.3 is 0 Å². The second-order valence-electron chi connectivity index (χ2n) is 5.27. The largest absolute Gasteiger partial charge is 0.314 e. The predicted molar refractivity (Wildman–Crippen MR) is 58.8 cm³/mol. The fraction of sp³-hybridized carbons (Fsp3) is 1.00. The van der Waals surface area contributed by atoms with Crippen molar-refractivity contribution in [2.45, 2.75) is 53.5 Å². The molecule has 0 aromatic rings. The van der Waals surface area contributed by atoms with E-state index >= 15 is 0 Å². The van der Waals surface area contributed by atoms with Gasteiger partial charge in [0.25, 0.3) is 0 Å². The summed E-state index contributed by atoms with van der Waals surface area (Å²) in [4.78, 5) is 0. The molecule has 0 spiro atoms. The Hall–Kier alpha value is -0.0400. The predicted octanol–water partition coefficient (Wildman–Crippen LogP) is 3.06. The Morgan fingerprint density at radius 3 is 2.23 bits per heavy atom. The SMILES string of the molecule is CCNC(C(C)CC)C1CC1(C)C. The minimum Gasteiger partial charge on any atom is -0.314 e. The average molecular weight is 183 g/mol. The van der Waals surface area contributed by atoms with E-state index in [1.54, 1.807) is 0 Å². The summed E-state index contributed by atoms with van der Waals surface area (Å²) in [6, 6.07) is 0.755. The third kappa shape index (κ3) is 2.46. The van der Waals surface area contributed by atoms with Crippen molar-refractivity contribution in [3.63, 3.8) is 0 Å². The van der Waals surface area contributed by atoms with Crippen LogP contribution < -0.4 is 5.32 Å². The van der Waals surface area contributed by atoms with E-state index in [0.717, 1.165) is 24.4 Å². The highest BCUT2D eigenvalue weighted by molar-refractivity contribution is 5.02. The first-order valence-electron chi connectivity index (χ1n) is 5.76. The van der Waals surface area contributed by atoms with E-state index in [0.29, 0.717) is 5.41 Å². The second kappa shape index (κ2) is 4.00. The Kier molecular flexibility index (Phi) is 3.39. The van der Waals surface area contributed by atoms with Crippen LogP contribution in [-0.2, 0) is 0 Å². The van der Waals surface area contributed by atoms with Crippen LogP contribution in [0.2, 0.25) is 0 Å². The van der Waals surface area contributed by atoms with Crippen LogP contribution in [-0.4, -0.2) is 12.6 Å². The van der Waals surface area contributed by atoms with Crippen molar-refractivity contribution in [3.05, 3.63) is 0 Å². The van der Waals surface area contributed by atoms with Crippen LogP contribution in [0.15, 0.2) is 0 Å². The number of nitrogens with one attached hydrogen (secondary N) is 1. The van der Waals surface area contributed by atoms with Gasteiger partial charge in [-0.3, -0.25) is 0 Å². The normalized spacial score (nSPS) is 29.8. The molecule has 1 rings (SSSR count). The van der Waals surface area contributed by atoms with Crippen LogP contribution in [0.25, 0.3) is 0 Å². The molecule has 0 aromatic heterocycles. The summed E-state index contributed by atoms with van der Waals surface area (Å²) in [5.41, 5.74) is 0.607. The third-order valence-electron chi connectivity index (χ3n) is 3.72. The maximum Gasteiger partial charge on any atom is 0.0126 e. The van der Waals surface area contributed by atoms with Gasteiger partial charge in [-0.2, -0.15) is 0 Å². The van der Waals surface area contributed by atoms with Gasteiger partial charge in [-0.1, -0.05) is 41.0 Å². The lowest BCUT2D eigenvalue weighted by Gasteiger charge is -2.25. The van der Waals surface area contributed by atoms with Gasteiger partial charge in [0, 0.05) is 6.04 Å². The minimum absolute atomic E-state index is 0.607. The molecule has 1 N–H and O–H groups in total. The first-order chi connectivity index (χ1) is 6.03. The van der Waals surface area contributed by atoms with Crippen LogP contribution in [0.3, 0.4) is 0 Å². The summed E-state index contributed by atoms with van der Waals surface area (Å²) >= 11 is 0. The quantitative estimate of drug-likeness (QED) is 0.691. The number of hydrogen-bond donors (Lipinski definition) is 1. The molecule has 0 bridgehead atoms. The summed E-state index contributed by atoms with van der Waals surface area (Å²) in [5, 5.41) is 3.65. The summed E-state index contributed by atoms with van der Waals surface area (Å²) in [7, 11) is 0. The van der Waals surface area contributed by atoms with Crippen molar-refractivity contribution in [2.75, 3.05) is 6.54 Å². The molecule has 0 amide bonds. The van der Waals surface area contributed by atoms with E-state index in [9.17, 15) is 0 Å². The Balaban J connectivity index is 2.49. The molecule has 0 aliphatic heterocycles. The van der Waals surface area contributed by atoms with Crippen LogP contribution in [0.5, 0.6) is 0 Å². The molecule has 13 heavy (non-hydrogen) atoms. The Morgan fingerprint density at radius 1 is 1.38 bits per heavy atom. The molecule has 0 saturated heterocycles. The fourth-order valence-electron chi connectivity index (χ4n) is 2.35. The molecular formula is C12H25N. The van der Waals surface area contributed by atoms with Crippen LogP contribution in [0.4, 0.5) is 0 Å². The Labute approximate surface area is 83.3 Å². The maximum atomic E-state index is 3.65. The zero-order chi connectivity index (χ0) is 10.1. The topological polar surface area (TPSA) is 12.0 Å². The van der Waals surface area contributed by atoms with Gasteiger partial charge in [0.15, 0.2) is 0 Å². The van der Waals surface area contributed by atoms with Crippen molar-refractivity contribution in [1.82, 2.24) is 5.32 Å². The zero-order valence-corrected chi connectivity index (χ0v) is 9.85. The summed E-state index contributed by atoms with van der Waals surface area (Å²) in [6.45, 7) is 12.8. The molecule has 0 heterocycles. The first-order valence-corrected chi connectivity index (χ1v) is 5.76. The molecule has 78 valence electrons.